The average molecular weight is 413 g/mol. The first-order valence-corrected chi connectivity index (χ1v) is 10.2. The molecule has 0 saturated carbocycles. The summed E-state index contributed by atoms with van der Waals surface area (Å²) >= 11 is 1.52. The minimum atomic E-state index is -0.0913. The minimum Gasteiger partial charge on any atom is -0.497 e. The van der Waals surface area contributed by atoms with Crippen LogP contribution in [-0.2, 0) is 17.8 Å². The fraction of sp³-hybridized carbons (Fsp3) is 0.273. The first-order chi connectivity index (χ1) is 14.1. The van der Waals surface area contributed by atoms with E-state index in [0.717, 1.165) is 27.6 Å². The van der Waals surface area contributed by atoms with Gasteiger partial charge in [0.25, 0.3) is 0 Å². The zero-order chi connectivity index (χ0) is 20.6. The number of thiazole rings is 1. The molecule has 152 valence electrons. The predicted molar refractivity (Wildman–Crippen MR) is 114 cm³/mol. The largest absolute Gasteiger partial charge is 0.497 e. The van der Waals surface area contributed by atoms with Crippen LogP contribution in [-0.4, -0.2) is 31.7 Å². The number of benzene rings is 2. The number of hydrogen-bond acceptors (Lipinski definition) is 6. The molecule has 0 atom stereocenters. The number of amides is 1. The van der Waals surface area contributed by atoms with Gasteiger partial charge in [-0.1, -0.05) is 0 Å². The van der Waals surface area contributed by atoms with E-state index in [9.17, 15) is 4.79 Å². The summed E-state index contributed by atoms with van der Waals surface area (Å²) in [6.07, 6.45) is 0.228. The van der Waals surface area contributed by atoms with E-state index in [0.29, 0.717) is 24.7 Å². The van der Waals surface area contributed by atoms with Crippen LogP contribution in [0, 0.1) is 0 Å². The van der Waals surface area contributed by atoms with Gasteiger partial charge in [0.2, 0.25) is 5.91 Å². The number of carbonyl (C=O) groups is 1. The van der Waals surface area contributed by atoms with Crippen molar-refractivity contribution in [3.05, 3.63) is 59.1 Å². The molecular formula is C22H24N2O4S. The topological polar surface area (TPSA) is 69.7 Å². The molecule has 0 aliphatic rings. The summed E-state index contributed by atoms with van der Waals surface area (Å²) in [5.41, 5.74) is 2.64. The van der Waals surface area contributed by atoms with Crippen LogP contribution >= 0.6 is 11.3 Å². The van der Waals surface area contributed by atoms with E-state index in [1.807, 2.05) is 48.7 Å². The van der Waals surface area contributed by atoms with E-state index in [-0.39, 0.29) is 12.3 Å². The monoisotopic (exact) mass is 412 g/mol. The summed E-state index contributed by atoms with van der Waals surface area (Å²) in [5, 5.41) is 5.72. The maximum atomic E-state index is 12.3. The van der Waals surface area contributed by atoms with Crippen molar-refractivity contribution in [2.24, 2.45) is 0 Å². The summed E-state index contributed by atoms with van der Waals surface area (Å²) in [6, 6.07) is 13.3. The Bertz CT molecular complexity index is 954. The van der Waals surface area contributed by atoms with Gasteiger partial charge in [0.15, 0.2) is 0 Å². The van der Waals surface area contributed by atoms with Crippen molar-refractivity contribution in [2.75, 3.05) is 20.8 Å². The van der Waals surface area contributed by atoms with E-state index < -0.39 is 0 Å². The van der Waals surface area contributed by atoms with Crippen molar-refractivity contribution in [2.45, 2.75) is 19.9 Å². The lowest BCUT2D eigenvalue weighted by molar-refractivity contribution is -0.120. The summed E-state index contributed by atoms with van der Waals surface area (Å²) in [5.74, 6) is 2.13. The lowest BCUT2D eigenvalue weighted by Crippen LogP contribution is -2.24. The number of hydrogen-bond donors (Lipinski definition) is 1. The van der Waals surface area contributed by atoms with Crippen molar-refractivity contribution in [3.8, 4) is 27.8 Å². The van der Waals surface area contributed by atoms with Gasteiger partial charge in [-0.2, -0.15) is 0 Å². The van der Waals surface area contributed by atoms with E-state index >= 15 is 0 Å². The maximum Gasteiger partial charge on any atom is 0.226 e. The van der Waals surface area contributed by atoms with Crippen LogP contribution in [0.5, 0.6) is 17.2 Å². The normalized spacial score (nSPS) is 10.4. The van der Waals surface area contributed by atoms with Crippen molar-refractivity contribution >= 4 is 17.2 Å². The molecule has 0 saturated heterocycles. The summed E-state index contributed by atoms with van der Waals surface area (Å²) in [6.45, 7) is 2.97. The molecule has 0 radical (unpaired) electrons. The smallest absolute Gasteiger partial charge is 0.226 e. The highest BCUT2D eigenvalue weighted by molar-refractivity contribution is 7.13. The molecule has 0 fully saturated rings. The van der Waals surface area contributed by atoms with E-state index in [4.69, 9.17) is 14.2 Å². The molecule has 1 aromatic heterocycles. The molecule has 0 aliphatic carbocycles. The fourth-order valence-electron chi connectivity index (χ4n) is 2.80. The van der Waals surface area contributed by atoms with Gasteiger partial charge in [-0.15, -0.1) is 11.3 Å². The SMILES string of the molecule is CCOc1ccc(-c2nc(CC(=O)NCc3ccc(OC)cc3OC)cs2)cc1. The van der Waals surface area contributed by atoms with Gasteiger partial charge in [0, 0.05) is 29.1 Å². The minimum absolute atomic E-state index is 0.0913. The van der Waals surface area contributed by atoms with Gasteiger partial charge in [-0.25, -0.2) is 4.98 Å². The number of carbonyl (C=O) groups excluding carboxylic acids is 1. The van der Waals surface area contributed by atoms with Gasteiger partial charge in [0.1, 0.15) is 22.3 Å². The third-order valence-corrected chi connectivity index (χ3v) is 5.22. The van der Waals surface area contributed by atoms with Crippen LogP contribution < -0.4 is 19.5 Å². The molecule has 2 aromatic carbocycles. The Labute approximate surface area is 174 Å². The Balaban J connectivity index is 1.58. The van der Waals surface area contributed by atoms with Gasteiger partial charge in [-0.3, -0.25) is 4.79 Å². The lowest BCUT2D eigenvalue weighted by atomic mass is 10.2. The molecule has 29 heavy (non-hydrogen) atoms. The number of ether oxygens (including phenoxy) is 3. The number of nitrogens with one attached hydrogen (secondary N) is 1. The maximum absolute atomic E-state index is 12.3. The Hall–Kier alpha value is -3.06. The molecule has 3 rings (SSSR count). The zero-order valence-corrected chi connectivity index (χ0v) is 17.5. The first-order valence-electron chi connectivity index (χ1n) is 9.28. The number of aromatic nitrogens is 1. The van der Waals surface area contributed by atoms with E-state index in [2.05, 4.69) is 10.3 Å². The standard InChI is InChI=1S/C22H24N2O4S/c1-4-28-18-8-5-15(6-9-18)22-24-17(14-29-22)11-21(25)23-13-16-7-10-19(26-2)12-20(16)27-3/h5-10,12,14H,4,11,13H2,1-3H3,(H,23,25). The number of rotatable bonds is 9. The average Bonchev–Trinajstić information content (AvgIpc) is 3.21. The third-order valence-electron chi connectivity index (χ3n) is 4.28. The van der Waals surface area contributed by atoms with Gasteiger partial charge in [0.05, 0.1) is 32.9 Å². The molecule has 0 unspecified atom stereocenters. The quantitative estimate of drug-likeness (QED) is 0.573. The van der Waals surface area contributed by atoms with Crippen LogP contribution in [0.3, 0.4) is 0 Å². The van der Waals surface area contributed by atoms with E-state index in [1.165, 1.54) is 11.3 Å². The van der Waals surface area contributed by atoms with E-state index in [1.54, 1.807) is 20.3 Å². The van der Waals surface area contributed by atoms with Gasteiger partial charge in [-0.05, 0) is 43.3 Å². The Kier molecular flexibility index (Phi) is 7.08. The molecular weight excluding hydrogens is 388 g/mol. The fourth-order valence-corrected chi connectivity index (χ4v) is 3.63. The van der Waals surface area contributed by atoms with Crippen LogP contribution in [0.1, 0.15) is 18.2 Å². The molecule has 1 amide bonds. The highest BCUT2D eigenvalue weighted by Gasteiger charge is 2.11. The molecule has 0 bridgehead atoms. The molecule has 1 N–H and O–H groups in total. The lowest BCUT2D eigenvalue weighted by Gasteiger charge is -2.11. The Morgan fingerprint density at radius 3 is 2.52 bits per heavy atom. The van der Waals surface area contributed by atoms with Crippen LogP contribution in [0.15, 0.2) is 47.8 Å². The Morgan fingerprint density at radius 1 is 1.07 bits per heavy atom. The highest BCUT2D eigenvalue weighted by atomic mass is 32.1. The summed E-state index contributed by atoms with van der Waals surface area (Å²) in [7, 11) is 3.20. The second kappa shape index (κ2) is 9.93. The highest BCUT2D eigenvalue weighted by Crippen LogP contribution is 2.26. The van der Waals surface area contributed by atoms with Crippen molar-refractivity contribution in [3.63, 3.8) is 0 Å². The predicted octanol–water partition coefficient (Wildman–Crippen LogP) is 4.08. The summed E-state index contributed by atoms with van der Waals surface area (Å²) in [4.78, 5) is 16.9. The second-order valence-electron chi connectivity index (χ2n) is 6.23. The molecule has 6 nitrogen and oxygen atoms in total. The number of methoxy groups -OCH3 is 2. The molecule has 1 heterocycles. The van der Waals surface area contributed by atoms with Crippen molar-refractivity contribution < 1.29 is 19.0 Å². The second-order valence-corrected chi connectivity index (χ2v) is 7.09. The molecule has 0 spiro atoms. The third kappa shape index (κ3) is 5.48. The molecule has 7 heteroatoms. The Morgan fingerprint density at radius 2 is 1.83 bits per heavy atom. The summed E-state index contributed by atoms with van der Waals surface area (Å²) < 4.78 is 16.0. The van der Waals surface area contributed by atoms with Crippen LogP contribution in [0.2, 0.25) is 0 Å². The van der Waals surface area contributed by atoms with Crippen LogP contribution in [0.4, 0.5) is 0 Å². The molecule has 0 aliphatic heterocycles. The van der Waals surface area contributed by atoms with Crippen molar-refractivity contribution in [1.82, 2.24) is 10.3 Å². The van der Waals surface area contributed by atoms with Gasteiger partial charge >= 0.3 is 0 Å². The van der Waals surface area contributed by atoms with Gasteiger partial charge < -0.3 is 19.5 Å². The molecule has 3 aromatic rings. The first kappa shape index (κ1) is 20.7. The van der Waals surface area contributed by atoms with Crippen LogP contribution in [0.25, 0.3) is 10.6 Å². The zero-order valence-electron chi connectivity index (χ0n) is 16.7. The van der Waals surface area contributed by atoms with Crippen molar-refractivity contribution in [1.29, 1.82) is 0 Å². The number of nitrogens with zero attached hydrogens (tertiary/aromatic N) is 1.